The van der Waals surface area contributed by atoms with Crippen LogP contribution in [0.2, 0.25) is 0 Å². The fourth-order valence-electron chi connectivity index (χ4n) is 2.16. The van der Waals surface area contributed by atoms with Gasteiger partial charge in [-0.2, -0.15) is 5.10 Å². The first-order valence-corrected chi connectivity index (χ1v) is 5.75. The van der Waals surface area contributed by atoms with Crippen LogP contribution in [0.3, 0.4) is 0 Å². The lowest BCUT2D eigenvalue weighted by Crippen LogP contribution is -1.99. The molecule has 1 aliphatic rings. The number of ether oxygens (including phenoxy) is 2. The van der Waals surface area contributed by atoms with Crippen LogP contribution in [0.1, 0.15) is 16.1 Å². The molecule has 0 saturated heterocycles. The summed E-state index contributed by atoms with van der Waals surface area (Å²) in [5, 5.41) is 12.9. The maximum absolute atomic E-state index is 11.0. The maximum atomic E-state index is 11.0. The van der Waals surface area contributed by atoms with Crippen LogP contribution in [0, 0.1) is 6.92 Å². The zero-order chi connectivity index (χ0) is 13.6. The fourth-order valence-corrected chi connectivity index (χ4v) is 2.16. The summed E-state index contributed by atoms with van der Waals surface area (Å²) in [6.07, 6.45) is 0. The molecule has 1 aliphatic heterocycles. The summed E-state index contributed by atoms with van der Waals surface area (Å²) in [4.78, 5) is 11.0. The highest BCUT2D eigenvalue weighted by atomic mass is 16.7. The summed E-state index contributed by atoms with van der Waals surface area (Å²) in [7, 11) is 1.70. The molecule has 0 aliphatic carbocycles. The molecule has 3 rings (SSSR count). The number of aryl methyl sites for hydroxylation is 2. The standard InChI is InChI=1S/C13H12N2O4/c1-7-3-4-8(12-11(7)18-6-19-12)10-5-9(13(16)17)14-15(10)2/h3-5H,6H2,1-2H3,(H,16,17). The number of nitrogens with zero attached hydrogens (tertiary/aromatic N) is 2. The van der Waals surface area contributed by atoms with Crippen LogP contribution >= 0.6 is 0 Å². The second-order valence-corrected chi connectivity index (χ2v) is 4.34. The van der Waals surface area contributed by atoms with Crippen molar-refractivity contribution in [3.8, 4) is 22.8 Å². The van der Waals surface area contributed by atoms with Crippen molar-refractivity contribution >= 4 is 5.97 Å². The van der Waals surface area contributed by atoms with Gasteiger partial charge in [0.2, 0.25) is 6.79 Å². The van der Waals surface area contributed by atoms with Gasteiger partial charge in [0, 0.05) is 12.6 Å². The van der Waals surface area contributed by atoms with Crippen molar-refractivity contribution in [3.63, 3.8) is 0 Å². The fraction of sp³-hybridized carbons (Fsp3) is 0.231. The number of aromatic carboxylic acids is 1. The number of benzene rings is 1. The van der Waals surface area contributed by atoms with E-state index < -0.39 is 5.97 Å². The molecule has 0 spiro atoms. The Labute approximate surface area is 109 Å². The van der Waals surface area contributed by atoms with Gasteiger partial charge < -0.3 is 14.6 Å². The Bertz CT molecular complexity index is 676. The molecule has 1 aromatic heterocycles. The van der Waals surface area contributed by atoms with E-state index >= 15 is 0 Å². The van der Waals surface area contributed by atoms with Crippen LogP contribution in [0.4, 0.5) is 0 Å². The highest BCUT2D eigenvalue weighted by Crippen LogP contribution is 2.43. The summed E-state index contributed by atoms with van der Waals surface area (Å²) >= 11 is 0. The molecule has 0 saturated carbocycles. The van der Waals surface area contributed by atoms with E-state index in [9.17, 15) is 4.79 Å². The van der Waals surface area contributed by atoms with Crippen molar-refractivity contribution in [3.05, 3.63) is 29.5 Å². The summed E-state index contributed by atoms with van der Waals surface area (Å²) in [6, 6.07) is 5.32. The van der Waals surface area contributed by atoms with Gasteiger partial charge in [0.15, 0.2) is 17.2 Å². The molecule has 1 N–H and O–H groups in total. The zero-order valence-corrected chi connectivity index (χ0v) is 10.5. The summed E-state index contributed by atoms with van der Waals surface area (Å²) in [6.45, 7) is 2.11. The van der Waals surface area contributed by atoms with Gasteiger partial charge in [-0.05, 0) is 24.6 Å². The van der Waals surface area contributed by atoms with Gasteiger partial charge in [0.05, 0.1) is 5.69 Å². The Morgan fingerprint density at radius 2 is 2.11 bits per heavy atom. The Balaban J connectivity index is 2.18. The lowest BCUT2D eigenvalue weighted by molar-refractivity contribution is 0.0689. The lowest BCUT2D eigenvalue weighted by Gasteiger charge is -2.07. The molecule has 0 bridgehead atoms. The molecule has 0 unspecified atom stereocenters. The zero-order valence-electron chi connectivity index (χ0n) is 10.5. The van der Waals surface area contributed by atoms with Crippen molar-refractivity contribution in [1.82, 2.24) is 9.78 Å². The SMILES string of the molecule is Cc1ccc(-c2cc(C(=O)O)nn2C)c2c1OCO2. The molecule has 1 aromatic carbocycles. The van der Waals surface area contributed by atoms with Crippen molar-refractivity contribution in [2.75, 3.05) is 6.79 Å². The van der Waals surface area contributed by atoms with Gasteiger partial charge in [0.1, 0.15) is 0 Å². The van der Waals surface area contributed by atoms with Crippen LogP contribution < -0.4 is 9.47 Å². The topological polar surface area (TPSA) is 73.6 Å². The maximum Gasteiger partial charge on any atom is 0.356 e. The quantitative estimate of drug-likeness (QED) is 0.891. The predicted octanol–water partition coefficient (Wildman–Crippen LogP) is 1.82. The van der Waals surface area contributed by atoms with Gasteiger partial charge in [-0.3, -0.25) is 4.68 Å². The van der Waals surface area contributed by atoms with E-state index in [2.05, 4.69) is 5.10 Å². The van der Waals surface area contributed by atoms with E-state index in [0.29, 0.717) is 17.2 Å². The average molecular weight is 260 g/mol. The monoisotopic (exact) mass is 260 g/mol. The van der Waals surface area contributed by atoms with Gasteiger partial charge in [-0.1, -0.05) is 6.07 Å². The molecule has 0 amide bonds. The minimum Gasteiger partial charge on any atom is -0.476 e. The molecule has 0 fully saturated rings. The number of carbonyl (C=O) groups is 1. The highest BCUT2D eigenvalue weighted by Gasteiger charge is 2.23. The van der Waals surface area contributed by atoms with E-state index in [-0.39, 0.29) is 12.5 Å². The summed E-state index contributed by atoms with van der Waals surface area (Å²) in [5.41, 5.74) is 2.45. The van der Waals surface area contributed by atoms with E-state index in [4.69, 9.17) is 14.6 Å². The molecule has 19 heavy (non-hydrogen) atoms. The van der Waals surface area contributed by atoms with Gasteiger partial charge in [0.25, 0.3) is 0 Å². The second-order valence-electron chi connectivity index (χ2n) is 4.34. The summed E-state index contributed by atoms with van der Waals surface area (Å²) < 4.78 is 12.4. The molecule has 2 heterocycles. The first-order valence-electron chi connectivity index (χ1n) is 5.75. The molecule has 98 valence electrons. The third-order valence-corrected chi connectivity index (χ3v) is 3.09. The van der Waals surface area contributed by atoms with Crippen molar-refractivity contribution in [2.45, 2.75) is 6.92 Å². The van der Waals surface area contributed by atoms with Gasteiger partial charge in [-0.15, -0.1) is 0 Å². The van der Waals surface area contributed by atoms with Gasteiger partial charge >= 0.3 is 5.97 Å². The van der Waals surface area contributed by atoms with Crippen LogP contribution in [-0.2, 0) is 7.05 Å². The molecule has 0 atom stereocenters. The minimum absolute atomic E-state index is 0.00532. The van der Waals surface area contributed by atoms with Crippen molar-refractivity contribution in [1.29, 1.82) is 0 Å². The number of hydrogen-bond donors (Lipinski definition) is 1. The predicted molar refractivity (Wildman–Crippen MR) is 66.5 cm³/mol. The van der Waals surface area contributed by atoms with E-state index in [1.165, 1.54) is 10.7 Å². The van der Waals surface area contributed by atoms with Crippen molar-refractivity contribution < 1.29 is 19.4 Å². The van der Waals surface area contributed by atoms with Gasteiger partial charge in [-0.25, -0.2) is 4.79 Å². The molecule has 6 nitrogen and oxygen atoms in total. The molecular formula is C13H12N2O4. The second kappa shape index (κ2) is 4.01. The van der Waals surface area contributed by atoms with Crippen LogP contribution in [0.15, 0.2) is 18.2 Å². The number of fused-ring (bicyclic) bond motifs is 1. The number of rotatable bonds is 2. The van der Waals surface area contributed by atoms with E-state index in [1.54, 1.807) is 7.05 Å². The third kappa shape index (κ3) is 1.72. The van der Waals surface area contributed by atoms with Crippen molar-refractivity contribution in [2.24, 2.45) is 7.05 Å². The first kappa shape index (κ1) is 11.6. The Hall–Kier alpha value is -2.50. The molecular weight excluding hydrogens is 248 g/mol. The van der Waals surface area contributed by atoms with Crippen LogP contribution in [-0.4, -0.2) is 27.6 Å². The Morgan fingerprint density at radius 3 is 2.79 bits per heavy atom. The number of hydrogen-bond acceptors (Lipinski definition) is 4. The Morgan fingerprint density at radius 1 is 1.37 bits per heavy atom. The smallest absolute Gasteiger partial charge is 0.356 e. The minimum atomic E-state index is -1.05. The molecule has 2 aromatic rings. The molecule has 6 heteroatoms. The van der Waals surface area contributed by atoms with E-state index in [0.717, 1.165) is 11.1 Å². The largest absolute Gasteiger partial charge is 0.476 e. The van der Waals surface area contributed by atoms with Crippen LogP contribution in [0.5, 0.6) is 11.5 Å². The number of carboxylic acids is 1. The number of aromatic nitrogens is 2. The average Bonchev–Trinajstić information content (AvgIpc) is 2.97. The lowest BCUT2D eigenvalue weighted by atomic mass is 10.1. The normalized spacial score (nSPS) is 12.7. The number of carboxylic acid groups (broad SMARTS) is 1. The van der Waals surface area contributed by atoms with E-state index in [1.807, 2.05) is 19.1 Å². The highest BCUT2D eigenvalue weighted by molar-refractivity contribution is 5.87. The van der Waals surface area contributed by atoms with Crippen LogP contribution in [0.25, 0.3) is 11.3 Å². The molecule has 0 radical (unpaired) electrons. The Kier molecular flexibility index (Phi) is 2.45. The third-order valence-electron chi connectivity index (χ3n) is 3.09. The summed E-state index contributed by atoms with van der Waals surface area (Å²) in [5.74, 6) is 0.290. The first-order chi connectivity index (χ1) is 9.08.